The highest BCUT2D eigenvalue weighted by Crippen LogP contribution is 2.10. The molecule has 1 amide bonds. The van der Waals surface area contributed by atoms with Gasteiger partial charge in [-0.15, -0.1) is 0 Å². The SMILES string of the molecule is Cc1ccccc1C(=O)CC(N)C(N)=O. The smallest absolute Gasteiger partial charge is 0.234 e. The van der Waals surface area contributed by atoms with Gasteiger partial charge in [-0.25, -0.2) is 0 Å². The van der Waals surface area contributed by atoms with Crippen LogP contribution >= 0.6 is 0 Å². The molecule has 0 aliphatic carbocycles. The minimum absolute atomic E-state index is 0.0415. The molecular formula is C11H14N2O2. The molecule has 0 spiro atoms. The number of primary amides is 1. The highest BCUT2D eigenvalue weighted by Gasteiger charge is 2.16. The Morgan fingerprint density at radius 1 is 1.33 bits per heavy atom. The van der Waals surface area contributed by atoms with Crippen LogP contribution in [-0.4, -0.2) is 17.7 Å². The number of Topliss-reactive ketones (excluding diaryl/α,β-unsaturated/α-hetero) is 1. The summed E-state index contributed by atoms with van der Waals surface area (Å²) in [6.07, 6.45) is -0.0415. The fourth-order valence-electron chi connectivity index (χ4n) is 1.30. The van der Waals surface area contributed by atoms with Crippen LogP contribution in [0.3, 0.4) is 0 Å². The number of aryl methyl sites for hydroxylation is 1. The molecular weight excluding hydrogens is 192 g/mol. The maximum atomic E-state index is 11.7. The molecule has 15 heavy (non-hydrogen) atoms. The van der Waals surface area contributed by atoms with Crippen molar-refractivity contribution < 1.29 is 9.59 Å². The van der Waals surface area contributed by atoms with Crippen molar-refractivity contribution in [2.75, 3.05) is 0 Å². The Morgan fingerprint density at radius 3 is 2.47 bits per heavy atom. The Bertz CT molecular complexity index is 388. The fourth-order valence-corrected chi connectivity index (χ4v) is 1.30. The Balaban J connectivity index is 2.78. The van der Waals surface area contributed by atoms with Crippen LogP contribution in [0.5, 0.6) is 0 Å². The topological polar surface area (TPSA) is 86.2 Å². The lowest BCUT2D eigenvalue weighted by Crippen LogP contribution is -2.38. The van der Waals surface area contributed by atoms with Gasteiger partial charge in [0.2, 0.25) is 5.91 Å². The molecule has 4 heteroatoms. The second-order valence-corrected chi connectivity index (χ2v) is 3.45. The summed E-state index contributed by atoms with van der Waals surface area (Å²) in [6.45, 7) is 1.84. The van der Waals surface area contributed by atoms with Gasteiger partial charge in [0.25, 0.3) is 0 Å². The largest absolute Gasteiger partial charge is 0.368 e. The number of rotatable bonds is 4. The predicted octanol–water partition coefficient (Wildman–Crippen LogP) is 0.380. The summed E-state index contributed by atoms with van der Waals surface area (Å²) in [4.78, 5) is 22.4. The molecule has 80 valence electrons. The van der Waals surface area contributed by atoms with Crippen LogP contribution in [0.25, 0.3) is 0 Å². The summed E-state index contributed by atoms with van der Waals surface area (Å²) in [5, 5.41) is 0. The van der Waals surface area contributed by atoms with Crippen molar-refractivity contribution in [3.05, 3.63) is 35.4 Å². The zero-order chi connectivity index (χ0) is 11.4. The second-order valence-electron chi connectivity index (χ2n) is 3.45. The summed E-state index contributed by atoms with van der Waals surface area (Å²) in [5.74, 6) is -0.809. The number of hydrogen-bond donors (Lipinski definition) is 2. The van der Waals surface area contributed by atoms with E-state index in [9.17, 15) is 9.59 Å². The summed E-state index contributed by atoms with van der Waals surface area (Å²) < 4.78 is 0. The van der Waals surface area contributed by atoms with Gasteiger partial charge in [0, 0.05) is 12.0 Å². The molecule has 0 radical (unpaired) electrons. The maximum absolute atomic E-state index is 11.7. The van der Waals surface area contributed by atoms with Crippen molar-refractivity contribution in [3.63, 3.8) is 0 Å². The lowest BCUT2D eigenvalue weighted by molar-refractivity contribution is -0.119. The summed E-state index contributed by atoms with van der Waals surface area (Å²) in [5.41, 5.74) is 11.9. The van der Waals surface area contributed by atoms with E-state index >= 15 is 0 Å². The van der Waals surface area contributed by atoms with Gasteiger partial charge in [0.15, 0.2) is 5.78 Å². The molecule has 4 N–H and O–H groups in total. The molecule has 0 heterocycles. The zero-order valence-electron chi connectivity index (χ0n) is 8.57. The average molecular weight is 206 g/mol. The molecule has 1 aromatic carbocycles. The van der Waals surface area contributed by atoms with E-state index in [0.29, 0.717) is 5.56 Å². The molecule has 0 saturated carbocycles. The summed E-state index contributed by atoms with van der Waals surface area (Å²) in [7, 11) is 0. The molecule has 1 aromatic rings. The first-order chi connectivity index (χ1) is 7.02. The molecule has 0 fully saturated rings. The van der Waals surface area contributed by atoms with Crippen molar-refractivity contribution in [3.8, 4) is 0 Å². The number of amides is 1. The van der Waals surface area contributed by atoms with E-state index in [4.69, 9.17) is 11.5 Å². The third-order valence-corrected chi connectivity index (χ3v) is 2.22. The van der Waals surface area contributed by atoms with Crippen molar-refractivity contribution in [1.82, 2.24) is 0 Å². The molecule has 0 bridgehead atoms. The minimum Gasteiger partial charge on any atom is -0.368 e. The molecule has 1 atom stereocenters. The van der Waals surface area contributed by atoms with Crippen LogP contribution < -0.4 is 11.5 Å². The standard InChI is InChI=1S/C11H14N2O2/c1-7-4-2-3-5-8(7)10(14)6-9(12)11(13)15/h2-5,9H,6,12H2,1H3,(H2,13,15). The van der Waals surface area contributed by atoms with Crippen LogP contribution in [0.4, 0.5) is 0 Å². The number of hydrogen-bond acceptors (Lipinski definition) is 3. The molecule has 1 rings (SSSR count). The summed E-state index contributed by atoms with van der Waals surface area (Å²) in [6, 6.07) is 6.27. The van der Waals surface area contributed by atoms with Crippen LogP contribution in [-0.2, 0) is 4.79 Å². The summed E-state index contributed by atoms with van der Waals surface area (Å²) >= 11 is 0. The third kappa shape index (κ3) is 2.89. The predicted molar refractivity (Wildman–Crippen MR) is 57.3 cm³/mol. The second kappa shape index (κ2) is 4.70. The Morgan fingerprint density at radius 2 is 1.93 bits per heavy atom. The van der Waals surface area contributed by atoms with Gasteiger partial charge in [-0.05, 0) is 12.5 Å². The highest BCUT2D eigenvalue weighted by atomic mass is 16.1. The lowest BCUT2D eigenvalue weighted by Gasteiger charge is -2.07. The van der Waals surface area contributed by atoms with E-state index < -0.39 is 11.9 Å². The Hall–Kier alpha value is -1.68. The monoisotopic (exact) mass is 206 g/mol. The quantitative estimate of drug-likeness (QED) is 0.698. The van der Waals surface area contributed by atoms with E-state index in [0.717, 1.165) is 5.56 Å². The van der Waals surface area contributed by atoms with Crippen LogP contribution in [0.15, 0.2) is 24.3 Å². The van der Waals surface area contributed by atoms with Crippen molar-refractivity contribution in [2.24, 2.45) is 11.5 Å². The normalized spacial score (nSPS) is 12.1. The molecule has 4 nitrogen and oxygen atoms in total. The number of carbonyl (C=O) groups excluding carboxylic acids is 2. The molecule has 0 aromatic heterocycles. The number of nitrogens with two attached hydrogens (primary N) is 2. The van der Waals surface area contributed by atoms with E-state index in [1.165, 1.54) is 0 Å². The van der Waals surface area contributed by atoms with Gasteiger partial charge in [-0.3, -0.25) is 9.59 Å². The van der Waals surface area contributed by atoms with Crippen LogP contribution in [0.1, 0.15) is 22.3 Å². The van der Waals surface area contributed by atoms with E-state index in [2.05, 4.69) is 0 Å². The number of benzene rings is 1. The van der Waals surface area contributed by atoms with Gasteiger partial charge in [0.05, 0.1) is 6.04 Å². The van der Waals surface area contributed by atoms with Gasteiger partial charge >= 0.3 is 0 Å². The van der Waals surface area contributed by atoms with Crippen LogP contribution in [0, 0.1) is 6.92 Å². The Kier molecular flexibility index (Phi) is 3.57. The molecule has 0 saturated heterocycles. The Labute approximate surface area is 88.3 Å². The van der Waals surface area contributed by atoms with E-state index in [1.54, 1.807) is 12.1 Å². The minimum atomic E-state index is -0.905. The van der Waals surface area contributed by atoms with E-state index in [1.807, 2.05) is 19.1 Å². The fraction of sp³-hybridized carbons (Fsp3) is 0.273. The van der Waals surface area contributed by atoms with Crippen molar-refractivity contribution in [2.45, 2.75) is 19.4 Å². The first-order valence-electron chi connectivity index (χ1n) is 4.66. The number of carbonyl (C=O) groups is 2. The third-order valence-electron chi connectivity index (χ3n) is 2.22. The molecule has 0 aliphatic rings. The maximum Gasteiger partial charge on any atom is 0.234 e. The highest BCUT2D eigenvalue weighted by molar-refractivity contribution is 6.00. The first-order valence-corrected chi connectivity index (χ1v) is 4.66. The molecule has 0 aliphatic heterocycles. The average Bonchev–Trinajstić information content (AvgIpc) is 2.18. The van der Waals surface area contributed by atoms with Gasteiger partial charge < -0.3 is 11.5 Å². The van der Waals surface area contributed by atoms with Gasteiger partial charge in [-0.2, -0.15) is 0 Å². The number of ketones is 1. The van der Waals surface area contributed by atoms with Crippen LogP contribution in [0.2, 0.25) is 0 Å². The van der Waals surface area contributed by atoms with Crippen molar-refractivity contribution >= 4 is 11.7 Å². The van der Waals surface area contributed by atoms with E-state index in [-0.39, 0.29) is 12.2 Å². The van der Waals surface area contributed by atoms with Crippen molar-refractivity contribution in [1.29, 1.82) is 0 Å². The lowest BCUT2D eigenvalue weighted by atomic mass is 10.00. The van der Waals surface area contributed by atoms with Gasteiger partial charge in [0.1, 0.15) is 0 Å². The zero-order valence-corrected chi connectivity index (χ0v) is 8.57. The van der Waals surface area contributed by atoms with Gasteiger partial charge in [-0.1, -0.05) is 24.3 Å². The first kappa shape index (κ1) is 11.4. The molecule has 1 unspecified atom stereocenters.